The summed E-state index contributed by atoms with van der Waals surface area (Å²) in [5.41, 5.74) is 0.869. The van der Waals surface area contributed by atoms with E-state index < -0.39 is 5.97 Å². The fraction of sp³-hybridized carbons (Fsp3) is 0.600. The lowest BCUT2D eigenvalue weighted by Crippen LogP contribution is -2.06. The van der Waals surface area contributed by atoms with Gasteiger partial charge in [-0.25, -0.2) is 9.48 Å². The Morgan fingerprint density at radius 3 is 3.00 bits per heavy atom. The minimum absolute atomic E-state index is 0.237. The highest BCUT2D eigenvalue weighted by Gasteiger charge is 2.28. The Morgan fingerprint density at radius 1 is 1.67 bits per heavy atom. The number of hydrogen-bond donors (Lipinski definition) is 1. The number of ether oxygens (including phenoxy) is 1. The van der Waals surface area contributed by atoms with Gasteiger partial charge in [0.25, 0.3) is 0 Å². The molecule has 1 aliphatic heterocycles. The van der Waals surface area contributed by atoms with Crippen LogP contribution in [0, 0.1) is 5.92 Å². The number of nitrogens with zero attached hydrogens (tertiary/aromatic N) is 2. The second kappa shape index (κ2) is 3.56. The van der Waals surface area contributed by atoms with Crippen molar-refractivity contribution < 1.29 is 14.6 Å². The SMILES string of the molecule is CC(C)Cc1nn2c(c1C(=O)O)OCC2. The van der Waals surface area contributed by atoms with Gasteiger partial charge in [-0.05, 0) is 12.3 Å². The van der Waals surface area contributed by atoms with Crippen molar-refractivity contribution in [2.45, 2.75) is 26.8 Å². The molecule has 0 spiro atoms. The molecule has 0 aliphatic carbocycles. The molecular weight excluding hydrogens is 196 g/mol. The van der Waals surface area contributed by atoms with Gasteiger partial charge in [0, 0.05) is 0 Å². The van der Waals surface area contributed by atoms with Gasteiger partial charge in [-0.2, -0.15) is 5.10 Å². The molecule has 0 saturated heterocycles. The topological polar surface area (TPSA) is 64.4 Å². The molecule has 0 atom stereocenters. The number of aromatic carboxylic acids is 1. The molecule has 5 nitrogen and oxygen atoms in total. The number of rotatable bonds is 3. The predicted octanol–water partition coefficient (Wildman–Crippen LogP) is 1.17. The number of hydrogen-bond acceptors (Lipinski definition) is 3. The Bertz CT molecular complexity index is 396. The molecule has 15 heavy (non-hydrogen) atoms. The number of fused-ring (bicyclic) bond motifs is 1. The van der Waals surface area contributed by atoms with Crippen LogP contribution in [0.15, 0.2) is 0 Å². The molecule has 0 aromatic carbocycles. The third-order valence-electron chi connectivity index (χ3n) is 2.34. The first-order valence-electron chi connectivity index (χ1n) is 5.05. The summed E-state index contributed by atoms with van der Waals surface area (Å²) in [4.78, 5) is 11.1. The fourth-order valence-electron chi connectivity index (χ4n) is 1.77. The van der Waals surface area contributed by atoms with Crippen molar-refractivity contribution in [3.8, 4) is 5.88 Å². The van der Waals surface area contributed by atoms with Crippen molar-refractivity contribution in [3.63, 3.8) is 0 Å². The molecule has 1 N–H and O–H groups in total. The first kappa shape index (κ1) is 10.0. The first-order valence-corrected chi connectivity index (χ1v) is 5.05. The van der Waals surface area contributed by atoms with E-state index in [1.165, 1.54) is 0 Å². The van der Waals surface area contributed by atoms with Crippen molar-refractivity contribution in [1.29, 1.82) is 0 Å². The van der Waals surface area contributed by atoms with Crippen LogP contribution in [-0.2, 0) is 13.0 Å². The zero-order valence-electron chi connectivity index (χ0n) is 8.86. The highest BCUT2D eigenvalue weighted by molar-refractivity contribution is 5.91. The van der Waals surface area contributed by atoms with Gasteiger partial charge < -0.3 is 9.84 Å². The van der Waals surface area contributed by atoms with E-state index in [9.17, 15) is 4.79 Å². The summed E-state index contributed by atoms with van der Waals surface area (Å²) in [5.74, 6) is -0.148. The zero-order chi connectivity index (χ0) is 11.0. The van der Waals surface area contributed by atoms with Crippen LogP contribution in [-0.4, -0.2) is 27.5 Å². The van der Waals surface area contributed by atoms with Crippen LogP contribution < -0.4 is 4.74 Å². The van der Waals surface area contributed by atoms with E-state index >= 15 is 0 Å². The number of carbonyl (C=O) groups is 1. The number of carboxylic acids is 1. The first-order chi connectivity index (χ1) is 7.09. The van der Waals surface area contributed by atoms with Gasteiger partial charge in [-0.3, -0.25) is 0 Å². The maximum absolute atomic E-state index is 11.1. The molecular formula is C10H14N2O3. The lowest BCUT2D eigenvalue weighted by molar-refractivity contribution is 0.0692. The van der Waals surface area contributed by atoms with E-state index in [2.05, 4.69) is 5.10 Å². The van der Waals surface area contributed by atoms with Crippen molar-refractivity contribution in [3.05, 3.63) is 11.3 Å². The van der Waals surface area contributed by atoms with Gasteiger partial charge in [0.2, 0.25) is 5.88 Å². The quantitative estimate of drug-likeness (QED) is 0.813. The maximum atomic E-state index is 11.1. The lowest BCUT2D eigenvalue weighted by Gasteiger charge is -2.02. The van der Waals surface area contributed by atoms with Crippen LogP contribution >= 0.6 is 0 Å². The van der Waals surface area contributed by atoms with Crippen molar-refractivity contribution in [1.82, 2.24) is 9.78 Å². The Balaban J connectivity index is 2.42. The monoisotopic (exact) mass is 210 g/mol. The van der Waals surface area contributed by atoms with Gasteiger partial charge in [0.1, 0.15) is 12.2 Å². The molecule has 2 heterocycles. The van der Waals surface area contributed by atoms with E-state index in [0.29, 0.717) is 37.1 Å². The van der Waals surface area contributed by atoms with Crippen molar-refractivity contribution >= 4 is 5.97 Å². The lowest BCUT2D eigenvalue weighted by atomic mass is 10.1. The molecule has 0 radical (unpaired) electrons. The average Bonchev–Trinajstić information content (AvgIpc) is 2.60. The van der Waals surface area contributed by atoms with E-state index in [4.69, 9.17) is 9.84 Å². The number of aromatic nitrogens is 2. The third-order valence-corrected chi connectivity index (χ3v) is 2.34. The van der Waals surface area contributed by atoms with Crippen LogP contribution in [0.1, 0.15) is 29.9 Å². The second-order valence-corrected chi connectivity index (χ2v) is 4.10. The molecule has 0 bridgehead atoms. The Kier molecular flexibility index (Phi) is 2.38. The molecule has 0 saturated carbocycles. The summed E-state index contributed by atoms with van der Waals surface area (Å²) in [7, 11) is 0. The Labute approximate surface area is 87.7 Å². The standard InChI is InChI=1S/C10H14N2O3/c1-6(2)5-7-8(10(13)14)9-12(11-7)3-4-15-9/h6H,3-5H2,1-2H3,(H,13,14). The Hall–Kier alpha value is -1.52. The normalized spacial score (nSPS) is 14.1. The summed E-state index contributed by atoms with van der Waals surface area (Å²) in [6.45, 7) is 5.24. The summed E-state index contributed by atoms with van der Waals surface area (Å²) in [5, 5.41) is 13.4. The summed E-state index contributed by atoms with van der Waals surface area (Å²) in [6, 6.07) is 0. The van der Waals surface area contributed by atoms with E-state index in [0.717, 1.165) is 0 Å². The molecule has 2 rings (SSSR count). The molecule has 82 valence electrons. The smallest absolute Gasteiger partial charge is 0.343 e. The summed E-state index contributed by atoms with van der Waals surface area (Å²) in [6.07, 6.45) is 0.672. The van der Waals surface area contributed by atoms with Gasteiger partial charge in [0.15, 0.2) is 0 Å². The summed E-state index contributed by atoms with van der Waals surface area (Å²) >= 11 is 0. The third kappa shape index (κ3) is 1.69. The molecule has 0 unspecified atom stereocenters. The van der Waals surface area contributed by atoms with E-state index in [1.54, 1.807) is 4.68 Å². The van der Waals surface area contributed by atoms with Gasteiger partial charge in [0.05, 0.1) is 12.2 Å². The predicted molar refractivity (Wildman–Crippen MR) is 53.2 cm³/mol. The highest BCUT2D eigenvalue weighted by Crippen LogP contribution is 2.27. The van der Waals surface area contributed by atoms with Gasteiger partial charge >= 0.3 is 5.97 Å². The highest BCUT2D eigenvalue weighted by atomic mass is 16.5. The van der Waals surface area contributed by atoms with Crippen molar-refractivity contribution in [2.75, 3.05) is 6.61 Å². The molecule has 0 amide bonds. The summed E-state index contributed by atoms with van der Waals surface area (Å²) < 4.78 is 6.91. The Morgan fingerprint density at radius 2 is 2.40 bits per heavy atom. The molecule has 1 aromatic rings. The largest absolute Gasteiger partial charge is 0.477 e. The van der Waals surface area contributed by atoms with Crippen LogP contribution in [0.5, 0.6) is 5.88 Å². The minimum atomic E-state index is -0.950. The van der Waals surface area contributed by atoms with E-state index in [1.807, 2.05) is 13.8 Å². The maximum Gasteiger partial charge on any atom is 0.343 e. The van der Waals surface area contributed by atoms with Gasteiger partial charge in [-0.1, -0.05) is 13.8 Å². The molecule has 1 aromatic heterocycles. The fourth-order valence-corrected chi connectivity index (χ4v) is 1.77. The van der Waals surface area contributed by atoms with Crippen LogP contribution in [0.3, 0.4) is 0 Å². The molecule has 5 heteroatoms. The minimum Gasteiger partial charge on any atom is -0.477 e. The second-order valence-electron chi connectivity index (χ2n) is 4.10. The van der Waals surface area contributed by atoms with Gasteiger partial charge in [-0.15, -0.1) is 0 Å². The van der Waals surface area contributed by atoms with E-state index in [-0.39, 0.29) is 5.56 Å². The molecule has 1 aliphatic rings. The van der Waals surface area contributed by atoms with Crippen LogP contribution in [0.25, 0.3) is 0 Å². The van der Waals surface area contributed by atoms with Crippen LogP contribution in [0.2, 0.25) is 0 Å². The van der Waals surface area contributed by atoms with Crippen molar-refractivity contribution in [2.24, 2.45) is 5.92 Å². The van der Waals surface area contributed by atoms with Crippen LogP contribution in [0.4, 0.5) is 0 Å². The zero-order valence-corrected chi connectivity index (χ0v) is 8.86. The molecule has 0 fully saturated rings. The number of carboxylic acid groups (broad SMARTS) is 1. The average molecular weight is 210 g/mol.